The topological polar surface area (TPSA) is 21.3 Å². The molecule has 3 heteroatoms. The molecule has 1 aromatic rings. The van der Waals surface area contributed by atoms with Crippen LogP contribution < -0.4 is 5.32 Å². The maximum atomic E-state index is 6.01. The van der Waals surface area contributed by atoms with E-state index in [1.54, 1.807) is 0 Å². The summed E-state index contributed by atoms with van der Waals surface area (Å²) in [5.74, 6) is 0.612. The van der Waals surface area contributed by atoms with Gasteiger partial charge in [-0.15, -0.1) is 0 Å². The van der Waals surface area contributed by atoms with E-state index in [1.807, 2.05) is 0 Å². The molecule has 0 amide bonds. The summed E-state index contributed by atoms with van der Waals surface area (Å²) >= 11 is 3.47. The average molecular weight is 340 g/mol. The fourth-order valence-corrected chi connectivity index (χ4v) is 2.93. The molecule has 1 saturated carbocycles. The number of nitrogens with one attached hydrogen (secondary N) is 1. The lowest BCUT2D eigenvalue weighted by Crippen LogP contribution is -2.60. The van der Waals surface area contributed by atoms with Gasteiger partial charge in [-0.05, 0) is 30.0 Å². The summed E-state index contributed by atoms with van der Waals surface area (Å²) in [7, 11) is 0. The van der Waals surface area contributed by atoms with Crippen LogP contribution in [0.5, 0.6) is 0 Å². The molecule has 2 rings (SSSR count). The van der Waals surface area contributed by atoms with E-state index in [1.165, 1.54) is 5.56 Å². The highest BCUT2D eigenvalue weighted by Crippen LogP contribution is 2.43. The van der Waals surface area contributed by atoms with Crippen molar-refractivity contribution in [2.45, 2.75) is 52.8 Å². The minimum absolute atomic E-state index is 0.226. The van der Waals surface area contributed by atoms with E-state index in [-0.39, 0.29) is 5.41 Å². The van der Waals surface area contributed by atoms with E-state index in [0.29, 0.717) is 18.1 Å². The first kappa shape index (κ1) is 16.0. The molecule has 0 spiro atoms. The third-order valence-corrected chi connectivity index (χ3v) is 4.80. The van der Waals surface area contributed by atoms with Crippen molar-refractivity contribution in [3.63, 3.8) is 0 Å². The van der Waals surface area contributed by atoms with Crippen molar-refractivity contribution < 1.29 is 4.74 Å². The van der Waals surface area contributed by atoms with Crippen molar-refractivity contribution in [2.75, 3.05) is 6.61 Å². The Labute approximate surface area is 131 Å². The lowest BCUT2D eigenvalue weighted by molar-refractivity contribution is -0.124. The highest BCUT2D eigenvalue weighted by atomic mass is 79.9. The molecule has 0 saturated heterocycles. The predicted octanol–water partition coefficient (Wildman–Crippen LogP) is 4.38. The molecule has 0 aliphatic heterocycles. The molecule has 112 valence electrons. The van der Waals surface area contributed by atoms with Crippen molar-refractivity contribution in [3.05, 3.63) is 34.3 Å². The van der Waals surface area contributed by atoms with Crippen molar-refractivity contribution in [2.24, 2.45) is 11.3 Å². The van der Waals surface area contributed by atoms with Crippen LogP contribution in [0.1, 0.15) is 39.7 Å². The van der Waals surface area contributed by atoms with Crippen LogP contribution >= 0.6 is 15.9 Å². The Hall–Kier alpha value is -0.380. The van der Waals surface area contributed by atoms with Crippen LogP contribution in [0.4, 0.5) is 0 Å². The van der Waals surface area contributed by atoms with Crippen molar-refractivity contribution >= 4 is 15.9 Å². The van der Waals surface area contributed by atoms with E-state index in [9.17, 15) is 0 Å². The first-order valence-corrected chi connectivity index (χ1v) is 8.28. The van der Waals surface area contributed by atoms with Gasteiger partial charge in [-0.3, -0.25) is 0 Å². The van der Waals surface area contributed by atoms with Gasteiger partial charge < -0.3 is 10.1 Å². The van der Waals surface area contributed by atoms with Gasteiger partial charge in [-0.25, -0.2) is 0 Å². The number of benzene rings is 1. The van der Waals surface area contributed by atoms with Crippen LogP contribution in [0, 0.1) is 11.3 Å². The molecule has 0 heterocycles. The van der Waals surface area contributed by atoms with E-state index >= 15 is 0 Å². The van der Waals surface area contributed by atoms with Crippen LogP contribution in [-0.2, 0) is 11.3 Å². The minimum Gasteiger partial charge on any atom is -0.377 e. The summed E-state index contributed by atoms with van der Waals surface area (Å²) in [6.07, 6.45) is 1.52. The Balaban J connectivity index is 1.79. The van der Waals surface area contributed by atoms with Crippen LogP contribution in [0.25, 0.3) is 0 Å². The van der Waals surface area contributed by atoms with E-state index in [4.69, 9.17) is 4.74 Å². The molecule has 0 aromatic heterocycles. The number of halogens is 1. The second-order valence-electron chi connectivity index (χ2n) is 6.83. The van der Waals surface area contributed by atoms with Crippen molar-refractivity contribution in [1.82, 2.24) is 5.32 Å². The summed E-state index contributed by atoms with van der Waals surface area (Å²) in [5, 5.41) is 3.67. The van der Waals surface area contributed by atoms with Gasteiger partial charge in [-0.2, -0.15) is 0 Å². The van der Waals surface area contributed by atoms with Crippen LogP contribution in [-0.4, -0.2) is 18.8 Å². The monoisotopic (exact) mass is 339 g/mol. The van der Waals surface area contributed by atoms with Crippen LogP contribution in [0.3, 0.4) is 0 Å². The fourth-order valence-electron chi connectivity index (χ4n) is 2.67. The molecule has 2 atom stereocenters. The fraction of sp³-hybridized carbons (Fsp3) is 0.647. The third-order valence-electron chi connectivity index (χ3n) is 4.27. The van der Waals surface area contributed by atoms with Gasteiger partial charge in [0.15, 0.2) is 0 Å². The Morgan fingerprint density at radius 1 is 1.30 bits per heavy atom. The zero-order chi connectivity index (χ0) is 14.8. The summed E-state index contributed by atoms with van der Waals surface area (Å²) in [6, 6.07) is 9.06. The van der Waals surface area contributed by atoms with Crippen molar-refractivity contribution in [3.8, 4) is 0 Å². The van der Waals surface area contributed by atoms with Gasteiger partial charge in [0.25, 0.3) is 0 Å². The first-order valence-electron chi connectivity index (χ1n) is 7.49. The van der Waals surface area contributed by atoms with Gasteiger partial charge >= 0.3 is 0 Å². The summed E-state index contributed by atoms with van der Waals surface area (Å²) in [6.45, 7) is 10.8. The lowest BCUT2D eigenvalue weighted by Gasteiger charge is -2.52. The maximum absolute atomic E-state index is 6.01. The van der Waals surface area contributed by atoms with Crippen molar-refractivity contribution in [1.29, 1.82) is 0 Å². The highest BCUT2D eigenvalue weighted by molar-refractivity contribution is 9.10. The predicted molar refractivity (Wildman–Crippen MR) is 87.7 cm³/mol. The highest BCUT2D eigenvalue weighted by Gasteiger charge is 2.48. The zero-order valence-corrected chi connectivity index (χ0v) is 14.5. The Bertz CT molecular complexity index is 427. The molecule has 2 unspecified atom stereocenters. The van der Waals surface area contributed by atoms with Gasteiger partial charge in [0.2, 0.25) is 0 Å². The smallest absolute Gasteiger partial charge is 0.0656 e. The molecule has 1 aliphatic rings. The Kier molecular flexibility index (Phi) is 5.27. The largest absolute Gasteiger partial charge is 0.377 e. The Morgan fingerprint density at radius 3 is 2.50 bits per heavy atom. The number of hydrogen-bond acceptors (Lipinski definition) is 2. The molecule has 0 bridgehead atoms. The lowest BCUT2D eigenvalue weighted by atomic mass is 9.64. The summed E-state index contributed by atoms with van der Waals surface area (Å²) in [5.41, 5.74) is 1.56. The molecule has 2 nitrogen and oxygen atoms in total. The quantitative estimate of drug-likeness (QED) is 0.830. The van der Waals surface area contributed by atoms with Gasteiger partial charge in [0.1, 0.15) is 0 Å². The first-order chi connectivity index (χ1) is 9.39. The molecule has 1 N–H and O–H groups in total. The van der Waals surface area contributed by atoms with Gasteiger partial charge in [0, 0.05) is 29.1 Å². The second kappa shape index (κ2) is 6.59. The number of rotatable bonds is 6. The Morgan fingerprint density at radius 2 is 1.95 bits per heavy atom. The zero-order valence-electron chi connectivity index (χ0n) is 12.9. The van der Waals surface area contributed by atoms with Gasteiger partial charge in [-0.1, -0.05) is 55.8 Å². The van der Waals surface area contributed by atoms with E-state index in [2.05, 4.69) is 73.2 Å². The molecular formula is C17H26BrNO. The maximum Gasteiger partial charge on any atom is 0.0656 e. The molecule has 1 fully saturated rings. The molecule has 20 heavy (non-hydrogen) atoms. The SMILES string of the molecule is CC(C)COC1CC(NCc2ccc(Br)cc2)C1(C)C. The third kappa shape index (κ3) is 3.84. The summed E-state index contributed by atoms with van der Waals surface area (Å²) in [4.78, 5) is 0. The standard InChI is InChI=1S/C17H26BrNO/c1-12(2)11-20-16-9-15(17(16,3)4)19-10-13-5-7-14(18)8-6-13/h5-8,12,15-16,19H,9-11H2,1-4H3. The van der Waals surface area contributed by atoms with E-state index < -0.39 is 0 Å². The van der Waals surface area contributed by atoms with Crippen LogP contribution in [0.2, 0.25) is 0 Å². The molecule has 0 radical (unpaired) electrons. The molecular weight excluding hydrogens is 314 g/mol. The average Bonchev–Trinajstić information content (AvgIpc) is 2.38. The minimum atomic E-state index is 0.226. The van der Waals surface area contributed by atoms with E-state index in [0.717, 1.165) is 24.0 Å². The second-order valence-corrected chi connectivity index (χ2v) is 7.75. The van der Waals surface area contributed by atoms with Crippen LogP contribution in [0.15, 0.2) is 28.7 Å². The van der Waals surface area contributed by atoms with Gasteiger partial charge in [0.05, 0.1) is 6.10 Å². The summed E-state index contributed by atoms with van der Waals surface area (Å²) < 4.78 is 7.14. The number of ether oxygens (including phenoxy) is 1. The molecule has 1 aromatic carbocycles. The normalized spacial score (nSPS) is 24.7. The molecule has 1 aliphatic carbocycles. The number of hydrogen-bond donors (Lipinski definition) is 1.